The van der Waals surface area contributed by atoms with Crippen LogP contribution in [0.2, 0.25) is 5.02 Å². The first-order valence-corrected chi connectivity index (χ1v) is 12.2. The van der Waals surface area contributed by atoms with Gasteiger partial charge < -0.3 is 25.4 Å². The highest BCUT2D eigenvalue weighted by atomic mass is 35.5. The van der Waals surface area contributed by atoms with E-state index in [9.17, 15) is 9.18 Å². The van der Waals surface area contributed by atoms with Crippen LogP contribution in [-0.2, 0) is 4.74 Å². The molecule has 0 unspecified atom stereocenters. The zero-order valence-corrected chi connectivity index (χ0v) is 19.9. The Morgan fingerprint density at radius 3 is 2.83 bits per heavy atom. The van der Waals surface area contributed by atoms with Gasteiger partial charge in [0.2, 0.25) is 5.95 Å². The molecule has 2 fully saturated rings. The number of fused-ring (bicyclic) bond motifs is 1. The topological polar surface area (TPSA) is 97.4 Å². The zero-order valence-electron chi connectivity index (χ0n) is 19.1. The molecular formula is C25H27ClFN5O3. The van der Waals surface area contributed by atoms with Crippen molar-refractivity contribution in [1.82, 2.24) is 20.6 Å². The molecule has 0 aliphatic carbocycles. The molecule has 184 valence electrons. The van der Waals surface area contributed by atoms with Crippen molar-refractivity contribution in [3.63, 3.8) is 0 Å². The van der Waals surface area contributed by atoms with Gasteiger partial charge in [-0.2, -0.15) is 0 Å². The molecule has 0 radical (unpaired) electrons. The fourth-order valence-corrected chi connectivity index (χ4v) is 4.66. The minimum Gasteiger partial charge on any atom is -0.410 e. The van der Waals surface area contributed by atoms with E-state index >= 15 is 0 Å². The van der Waals surface area contributed by atoms with Crippen LogP contribution in [0, 0.1) is 5.82 Å². The Kier molecular flexibility index (Phi) is 7.26. The van der Waals surface area contributed by atoms with Crippen molar-refractivity contribution in [2.75, 3.05) is 25.1 Å². The quantitative estimate of drug-likeness (QED) is 0.456. The van der Waals surface area contributed by atoms with E-state index in [1.165, 1.54) is 12.1 Å². The van der Waals surface area contributed by atoms with E-state index in [0.717, 1.165) is 50.8 Å². The average molecular weight is 500 g/mol. The number of halogens is 2. The Morgan fingerprint density at radius 1 is 1.20 bits per heavy atom. The molecule has 2 saturated heterocycles. The first-order valence-electron chi connectivity index (χ1n) is 11.8. The molecule has 2 aliphatic heterocycles. The fraction of sp³-hybridized carbons (Fsp3) is 0.400. The highest BCUT2D eigenvalue weighted by Gasteiger charge is 2.28. The molecule has 1 aromatic heterocycles. The second kappa shape index (κ2) is 10.7. The number of aromatic nitrogens is 2. The second-order valence-corrected chi connectivity index (χ2v) is 9.24. The minimum atomic E-state index is -0.631. The van der Waals surface area contributed by atoms with E-state index in [2.05, 4.69) is 25.9 Å². The monoisotopic (exact) mass is 499 g/mol. The summed E-state index contributed by atoms with van der Waals surface area (Å²) in [4.78, 5) is 21.8. The Labute approximate surface area is 207 Å². The summed E-state index contributed by atoms with van der Waals surface area (Å²) in [6.07, 6.45) is 4.74. The van der Waals surface area contributed by atoms with Gasteiger partial charge in [0.25, 0.3) is 0 Å². The maximum absolute atomic E-state index is 14.1. The van der Waals surface area contributed by atoms with Crippen molar-refractivity contribution >= 4 is 34.5 Å². The Morgan fingerprint density at radius 2 is 2.06 bits per heavy atom. The summed E-state index contributed by atoms with van der Waals surface area (Å²) in [5.41, 5.74) is 1.28. The van der Waals surface area contributed by atoms with Crippen LogP contribution in [0.3, 0.4) is 0 Å². The summed E-state index contributed by atoms with van der Waals surface area (Å²) in [7, 11) is 0. The summed E-state index contributed by atoms with van der Waals surface area (Å²) < 4.78 is 25.1. The molecule has 0 bridgehead atoms. The van der Waals surface area contributed by atoms with Crippen LogP contribution < -0.4 is 20.7 Å². The van der Waals surface area contributed by atoms with Crippen LogP contribution in [0.5, 0.6) is 5.75 Å². The number of ether oxygens (including phenoxy) is 2. The van der Waals surface area contributed by atoms with Crippen LogP contribution in [-0.4, -0.2) is 47.9 Å². The van der Waals surface area contributed by atoms with Crippen LogP contribution in [0.15, 0.2) is 42.6 Å². The number of nitrogens with one attached hydrogen (secondary N) is 3. The van der Waals surface area contributed by atoms with Gasteiger partial charge in [-0.3, -0.25) is 0 Å². The van der Waals surface area contributed by atoms with Gasteiger partial charge in [-0.25, -0.2) is 19.2 Å². The average Bonchev–Trinajstić information content (AvgIpc) is 3.39. The number of carbonyl (C=O) groups excluding carboxylic acids is 1. The van der Waals surface area contributed by atoms with Crippen LogP contribution in [0.4, 0.5) is 15.1 Å². The number of amides is 1. The molecule has 35 heavy (non-hydrogen) atoms. The van der Waals surface area contributed by atoms with Gasteiger partial charge in [0.1, 0.15) is 11.6 Å². The predicted octanol–water partition coefficient (Wildman–Crippen LogP) is 4.59. The van der Waals surface area contributed by atoms with Gasteiger partial charge in [-0.1, -0.05) is 17.7 Å². The maximum Gasteiger partial charge on any atom is 0.413 e. The lowest BCUT2D eigenvalue weighted by Gasteiger charge is -2.25. The van der Waals surface area contributed by atoms with Gasteiger partial charge in [-0.15, -0.1) is 0 Å². The standard InChI is InChI=1S/C25H27ClFN5O3/c26-19-6-4-15(12-20(19)27)23(21-2-1-9-28-21)32-25(33)35-18-5-3-16-14-29-24(31-22(16)13-18)30-17-7-10-34-11-8-17/h3-6,12-14,17,21,23,28H,1-2,7-11H2,(H,32,33)(H,29,30,31)/t21-,23+/m0/s1. The highest BCUT2D eigenvalue weighted by molar-refractivity contribution is 6.30. The van der Waals surface area contributed by atoms with E-state index in [1.807, 2.05) is 0 Å². The second-order valence-electron chi connectivity index (χ2n) is 8.83. The fourth-order valence-electron chi connectivity index (χ4n) is 4.54. The molecule has 5 rings (SSSR count). The summed E-state index contributed by atoms with van der Waals surface area (Å²) in [6, 6.07) is 9.55. The first-order chi connectivity index (χ1) is 17.0. The number of nitrogens with zero attached hydrogens (tertiary/aromatic N) is 2. The van der Waals surface area contributed by atoms with Crippen molar-refractivity contribution < 1.29 is 18.7 Å². The minimum absolute atomic E-state index is 0.0358. The molecule has 10 heteroatoms. The first kappa shape index (κ1) is 23.7. The summed E-state index contributed by atoms with van der Waals surface area (Å²) in [5.74, 6) is 0.357. The number of carbonyl (C=O) groups is 1. The van der Waals surface area contributed by atoms with E-state index in [0.29, 0.717) is 22.8 Å². The molecule has 2 aromatic carbocycles. The largest absolute Gasteiger partial charge is 0.413 e. The van der Waals surface area contributed by atoms with Crippen molar-refractivity contribution in [3.05, 3.63) is 59.0 Å². The van der Waals surface area contributed by atoms with Gasteiger partial charge >= 0.3 is 6.09 Å². The smallest absolute Gasteiger partial charge is 0.410 e. The molecule has 0 spiro atoms. The van der Waals surface area contributed by atoms with E-state index in [-0.39, 0.29) is 17.1 Å². The Hall–Kier alpha value is -3.01. The molecule has 1 amide bonds. The lowest BCUT2D eigenvalue weighted by atomic mass is 9.98. The summed E-state index contributed by atoms with van der Waals surface area (Å²) in [5, 5.41) is 10.5. The van der Waals surface area contributed by atoms with Crippen molar-refractivity contribution in [2.24, 2.45) is 0 Å². The van der Waals surface area contributed by atoms with Crippen LogP contribution in [0.25, 0.3) is 10.9 Å². The normalized spacial score (nSPS) is 19.4. The van der Waals surface area contributed by atoms with Crippen molar-refractivity contribution in [2.45, 2.75) is 43.8 Å². The SMILES string of the molecule is O=C(N[C@H](c1ccc(Cl)c(F)c1)[C@@H]1CCCN1)Oc1ccc2cnc(NC3CCOCC3)nc2c1. The molecule has 2 atom stereocenters. The predicted molar refractivity (Wildman–Crippen MR) is 131 cm³/mol. The van der Waals surface area contributed by atoms with Gasteiger partial charge in [0.15, 0.2) is 0 Å². The van der Waals surface area contributed by atoms with Gasteiger partial charge in [-0.05, 0) is 62.1 Å². The molecule has 3 N–H and O–H groups in total. The van der Waals surface area contributed by atoms with E-state index in [4.69, 9.17) is 21.1 Å². The van der Waals surface area contributed by atoms with Gasteiger partial charge in [0, 0.05) is 42.9 Å². The molecule has 0 saturated carbocycles. The van der Waals surface area contributed by atoms with Crippen LogP contribution >= 0.6 is 11.6 Å². The Bertz CT molecular complexity index is 1200. The lowest BCUT2D eigenvalue weighted by molar-refractivity contribution is 0.0903. The third kappa shape index (κ3) is 5.80. The highest BCUT2D eigenvalue weighted by Crippen LogP contribution is 2.27. The molecular weight excluding hydrogens is 473 g/mol. The van der Waals surface area contributed by atoms with Crippen molar-refractivity contribution in [3.8, 4) is 5.75 Å². The molecule has 8 nitrogen and oxygen atoms in total. The molecule has 3 aromatic rings. The third-order valence-corrected chi connectivity index (χ3v) is 6.70. The number of rotatable bonds is 6. The van der Waals surface area contributed by atoms with Crippen molar-refractivity contribution in [1.29, 1.82) is 0 Å². The molecule has 3 heterocycles. The Balaban J connectivity index is 1.30. The lowest BCUT2D eigenvalue weighted by Crippen LogP contribution is -2.42. The van der Waals surface area contributed by atoms with Crippen LogP contribution in [0.1, 0.15) is 37.3 Å². The number of anilines is 1. The third-order valence-electron chi connectivity index (χ3n) is 6.40. The zero-order chi connectivity index (χ0) is 24.2. The molecule has 2 aliphatic rings. The van der Waals surface area contributed by atoms with E-state index in [1.54, 1.807) is 30.5 Å². The maximum atomic E-state index is 14.1. The number of hydrogen-bond acceptors (Lipinski definition) is 7. The summed E-state index contributed by atoms with van der Waals surface area (Å²) >= 11 is 5.85. The van der Waals surface area contributed by atoms with Gasteiger partial charge in [0.05, 0.1) is 16.6 Å². The number of hydrogen-bond donors (Lipinski definition) is 3. The summed E-state index contributed by atoms with van der Waals surface area (Å²) in [6.45, 7) is 2.28. The van der Waals surface area contributed by atoms with E-state index < -0.39 is 18.0 Å². The number of benzene rings is 2.